The molecule has 1 aromatic carbocycles. The lowest BCUT2D eigenvalue weighted by Gasteiger charge is -2.13. The molecule has 120 valence electrons. The van der Waals surface area contributed by atoms with E-state index in [0.29, 0.717) is 5.56 Å². The second-order valence-corrected chi connectivity index (χ2v) is 5.60. The number of nitrogens with one attached hydrogen (secondary N) is 1. The Balaban J connectivity index is 1.63. The van der Waals surface area contributed by atoms with Gasteiger partial charge < -0.3 is 9.73 Å². The fourth-order valence-electron chi connectivity index (χ4n) is 2.54. The zero-order chi connectivity index (χ0) is 16.2. The van der Waals surface area contributed by atoms with E-state index in [1.54, 1.807) is 12.3 Å². The first-order valence-electron chi connectivity index (χ1n) is 7.84. The van der Waals surface area contributed by atoms with Crippen molar-refractivity contribution in [3.63, 3.8) is 0 Å². The number of hydrogen-bond donors (Lipinski definition) is 1. The molecule has 6 heteroatoms. The summed E-state index contributed by atoms with van der Waals surface area (Å²) >= 11 is 0. The zero-order valence-corrected chi connectivity index (χ0v) is 13.3. The van der Waals surface area contributed by atoms with Gasteiger partial charge in [0.2, 0.25) is 0 Å². The third kappa shape index (κ3) is 3.41. The number of benzene rings is 1. The summed E-state index contributed by atoms with van der Waals surface area (Å²) in [5, 5.41) is 11.2. The predicted molar refractivity (Wildman–Crippen MR) is 87.2 cm³/mol. The Morgan fingerprint density at radius 1 is 1.39 bits per heavy atom. The molecule has 0 saturated carbocycles. The molecule has 0 aliphatic carbocycles. The number of aromatic nitrogens is 3. The van der Waals surface area contributed by atoms with E-state index < -0.39 is 0 Å². The first kappa shape index (κ1) is 15.3. The molecule has 1 N–H and O–H groups in total. The summed E-state index contributed by atoms with van der Waals surface area (Å²) in [6.45, 7) is 4.76. The molecule has 2 aromatic heterocycles. The van der Waals surface area contributed by atoms with Crippen LogP contribution in [0.5, 0.6) is 0 Å². The zero-order valence-electron chi connectivity index (χ0n) is 13.3. The van der Waals surface area contributed by atoms with Crippen LogP contribution in [-0.2, 0) is 13.0 Å². The summed E-state index contributed by atoms with van der Waals surface area (Å²) in [5.74, 6) is 0.841. The van der Waals surface area contributed by atoms with Crippen molar-refractivity contribution >= 4 is 16.9 Å². The van der Waals surface area contributed by atoms with E-state index >= 15 is 0 Å². The molecule has 0 aliphatic heterocycles. The van der Waals surface area contributed by atoms with Crippen molar-refractivity contribution in [1.29, 1.82) is 0 Å². The summed E-state index contributed by atoms with van der Waals surface area (Å²) in [7, 11) is 0. The van der Waals surface area contributed by atoms with Crippen molar-refractivity contribution in [3.05, 3.63) is 47.9 Å². The van der Waals surface area contributed by atoms with Gasteiger partial charge in [0.1, 0.15) is 11.3 Å². The number of hydrogen-bond acceptors (Lipinski definition) is 4. The van der Waals surface area contributed by atoms with E-state index in [0.717, 1.165) is 36.2 Å². The normalized spacial score (nSPS) is 12.4. The molecular formula is C17H20N4O2. The lowest BCUT2D eigenvalue weighted by molar-refractivity contribution is 0.0938. The molecular weight excluding hydrogens is 292 g/mol. The van der Waals surface area contributed by atoms with Gasteiger partial charge in [-0.15, -0.1) is 5.10 Å². The number of rotatable bonds is 6. The summed E-state index contributed by atoms with van der Waals surface area (Å²) in [6, 6.07) is 9.36. The Morgan fingerprint density at radius 3 is 3.00 bits per heavy atom. The highest BCUT2D eigenvalue weighted by Crippen LogP contribution is 2.14. The number of fused-ring (bicyclic) bond motifs is 1. The van der Waals surface area contributed by atoms with Crippen LogP contribution < -0.4 is 5.32 Å². The average Bonchev–Trinajstić information content (AvgIpc) is 3.21. The monoisotopic (exact) mass is 312 g/mol. The van der Waals surface area contributed by atoms with Crippen molar-refractivity contribution < 1.29 is 9.21 Å². The number of nitrogens with zero attached hydrogens (tertiary/aromatic N) is 3. The van der Waals surface area contributed by atoms with Crippen LogP contribution in [-0.4, -0.2) is 26.9 Å². The van der Waals surface area contributed by atoms with Gasteiger partial charge in [-0.2, -0.15) is 0 Å². The highest BCUT2D eigenvalue weighted by Gasteiger charge is 2.12. The maximum absolute atomic E-state index is 12.3. The minimum absolute atomic E-state index is 0.0645. The molecule has 23 heavy (non-hydrogen) atoms. The topological polar surface area (TPSA) is 73.0 Å². The second-order valence-electron chi connectivity index (χ2n) is 5.60. The molecule has 0 unspecified atom stereocenters. The van der Waals surface area contributed by atoms with Gasteiger partial charge in [0, 0.05) is 24.6 Å². The van der Waals surface area contributed by atoms with E-state index in [9.17, 15) is 4.79 Å². The average molecular weight is 312 g/mol. The smallest absolute Gasteiger partial charge is 0.251 e. The fourth-order valence-corrected chi connectivity index (χ4v) is 2.54. The predicted octanol–water partition coefficient (Wildman–Crippen LogP) is 2.80. The maximum Gasteiger partial charge on any atom is 0.251 e. The fraction of sp³-hybridized carbons (Fsp3) is 0.353. The number of furan rings is 1. The van der Waals surface area contributed by atoms with Gasteiger partial charge in [0.15, 0.2) is 0 Å². The number of aryl methyl sites for hydroxylation is 2. The SMILES string of the molecule is CCn1nnc2cc(C(=O)N[C@@H](C)CCc3ccco3)ccc21. The molecule has 1 amide bonds. The third-order valence-corrected chi connectivity index (χ3v) is 3.86. The number of carbonyl (C=O) groups is 1. The van der Waals surface area contributed by atoms with Gasteiger partial charge in [0.25, 0.3) is 5.91 Å². The molecule has 6 nitrogen and oxygen atoms in total. The van der Waals surface area contributed by atoms with Gasteiger partial charge in [0.05, 0.1) is 11.8 Å². The molecule has 2 heterocycles. The van der Waals surface area contributed by atoms with Gasteiger partial charge in [-0.25, -0.2) is 4.68 Å². The van der Waals surface area contributed by atoms with E-state index in [1.165, 1.54) is 0 Å². The Hall–Kier alpha value is -2.63. The van der Waals surface area contributed by atoms with E-state index in [1.807, 2.05) is 42.8 Å². The van der Waals surface area contributed by atoms with Crippen LogP contribution in [0.1, 0.15) is 36.4 Å². The Bertz CT molecular complexity index is 792. The molecule has 0 bridgehead atoms. The van der Waals surface area contributed by atoms with Gasteiger partial charge >= 0.3 is 0 Å². The van der Waals surface area contributed by atoms with Crippen LogP contribution in [0.3, 0.4) is 0 Å². The molecule has 0 fully saturated rings. The quantitative estimate of drug-likeness (QED) is 0.759. The molecule has 0 aliphatic rings. The Labute approximate surface area is 134 Å². The largest absolute Gasteiger partial charge is 0.469 e. The van der Waals surface area contributed by atoms with Gasteiger partial charge in [-0.1, -0.05) is 5.21 Å². The lowest BCUT2D eigenvalue weighted by Crippen LogP contribution is -2.32. The number of amides is 1. The first-order valence-corrected chi connectivity index (χ1v) is 7.84. The van der Waals surface area contributed by atoms with Crippen molar-refractivity contribution in [3.8, 4) is 0 Å². The highest BCUT2D eigenvalue weighted by molar-refractivity contribution is 5.97. The van der Waals surface area contributed by atoms with Crippen LogP contribution in [0, 0.1) is 0 Å². The maximum atomic E-state index is 12.3. The Morgan fingerprint density at radius 2 is 2.26 bits per heavy atom. The molecule has 1 atom stereocenters. The van der Waals surface area contributed by atoms with Crippen LogP contribution in [0.2, 0.25) is 0 Å². The highest BCUT2D eigenvalue weighted by atomic mass is 16.3. The standard InChI is InChI=1S/C17H20N4O2/c1-3-21-16-9-7-13(11-15(16)19-20-21)17(22)18-12(2)6-8-14-5-4-10-23-14/h4-5,7,9-12H,3,6,8H2,1-2H3,(H,18,22)/t12-/m0/s1. The minimum Gasteiger partial charge on any atom is -0.469 e. The summed E-state index contributed by atoms with van der Waals surface area (Å²) < 4.78 is 7.11. The molecule has 0 spiro atoms. The molecule has 0 saturated heterocycles. The van der Waals surface area contributed by atoms with E-state index in [4.69, 9.17) is 4.42 Å². The van der Waals surface area contributed by atoms with E-state index in [2.05, 4.69) is 15.6 Å². The van der Waals surface area contributed by atoms with Crippen molar-refractivity contribution in [1.82, 2.24) is 20.3 Å². The van der Waals surface area contributed by atoms with Gasteiger partial charge in [-0.3, -0.25) is 4.79 Å². The van der Waals surface area contributed by atoms with Crippen LogP contribution in [0.15, 0.2) is 41.0 Å². The summed E-state index contributed by atoms with van der Waals surface area (Å²) in [6.07, 6.45) is 3.29. The first-order chi connectivity index (χ1) is 11.2. The van der Waals surface area contributed by atoms with E-state index in [-0.39, 0.29) is 11.9 Å². The van der Waals surface area contributed by atoms with Gasteiger partial charge in [-0.05, 0) is 50.6 Å². The van der Waals surface area contributed by atoms with Crippen LogP contribution >= 0.6 is 0 Å². The van der Waals surface area contributed by atoms with Crippen molar-refractivity contribution in [2.75, 3.05) is 0 Å². The molecule has 3 rings (SSSR count). The minimum atomic E-state index is -0.0927. The lowest BCUT2D eigenvalue weighted by atomic mass is 10.1. The number of carbonyl (C=O) groups excluding carboxylic acids is 1. The summed E-state index contributed by atoms with van der Waals surface area (Å²) in [4.78, 5) is 12.3. The third-order valence-electron chi connectivity index (χ3n) is 3.86. The second kappa shape index (κ2) is 6.64. The van der Waals surface area contributed by atoms with Crippen molar-refractivity contribution in [2.24, 2.45) is 0 Å². The van der Waals surface area contributed by atoms with Crippen molar-refractivity contribution in [2.45, 2.75) is 39.3 Å². The van der Waals surface area contributed by atoms with Crippen LogP contribution in [0.25, 0.3) is 11.0 Å². The molecule has 3 aromatic rings. The Kier molecular flexibility index (Phi) is 4.41. The summed E-state index contributed by atoms with van der Waals surface area (Å²) in [5.41, 5.74) is 2.28. The van der Waals surface area contributed by atoms with Crippen LogP contribution in [0.4, 0.5) is 0 Å². The molecule has 0 radical (unpaired) electrons.